The van der Waals surface area contributed by atoms with Crippen LogP contribution in [0, 0.1) is 5.92 Å². The van der Waals surface area contributed by atoms with E-state index in [1.807, 2.05) is 0 Å². The standard InChI is InChI=1S/C18H21ClN2O2S/c1-23-17(22)15-16(19)20-18(24-15)21-11-9-14(10-12-21)8-7-13-5-3-2-4-6-13/h2-6,14H,7-12H2,1H3. The van der Waals surface area contributed by atoms with Crippen LogP contribution in [-0.2, 0) is 11.2 Å². The number of anilines is 1. The Morgan fingerprint density at radius 2 is 2.04 bits per heavy atom. The number of methoxy groups -OCH3 is 1. The molecule has 0 bridgehead atoms. The summed E-state index contributed by atoms with van der Waals surface area (Å²) in [5.74, 6) is 0.332. The summed E-state index contributed by atoms with van der Waals surface area (Å²) in [6.07, 6.45) is 4.67. The SMILES string of the molecule is COC(=O)c1sc(N2CCC(CCc3ccccc3)CC2)nc1Cl. The molecule has 1 aliphatic rings. The zero-order valence-corrected chi connectivity index (χ0v) is 15.3. The first-order valence-corrected chi connectivity index (χ1v) is 9.40. The van der Waals surface area contributed by atoms with Crippen molar-refractivity contribution in [2.24, 2.45) is 5.92 Å². The summed E-state index contributed by atoms with van der Waals surface area (Å²) in [5.41, 5.74) is 1.41. The van der Waals surface area contributed by atoms with Gasteiger partial charge in [0, 0.05) is 13.1 Å². The van der Waals surface area contributed by atoms with Crippen molar-refractivity contribution in [2.75, 3.05) is 25.1 Å². The molecule has 1 aliphatic heterocycles. The minimum absolute atomic E-state index is 0.244. The van der Waals surface area contributed by atoms with E-state index in [0.29, 0.717) is 4.88 Å². The monoisotopic (exact) mass is 364 g/mol. The van der Waals surface area contributed by atoms with Gasteiger partial charge >= 0.3 is 5.97 Å². The number of nitrogens with zero attached hydrogens (tertiary/aromatic N) is 2. The fraction of sp³-hybridized carbons (Fsp3) is 0.444. The van der Waals surface area contributed by atoms with Gasteiger partial charge in [-0.3, -0.25) is 0 Å². The van der Waals surface area contributed by atoms with E-state index in [1.165, 1.54) is 30.4 Å². The molecule has 0 amide bonds. The summed E-state index contributed by atoms with van der Waals surface area (Å²) in [5, 5.41) is 1.06. The number of piperidine rings is 1. The largest absolute Gasteiger partial charge is 0.465 e. The first kappa shape index (κ1) is 17.2. The minimum atomic E-state index is -0.415. The van der Waals surface area contributed by atoms with E-state index >= 15 is 0 Å². The Balaban J connectivity index is 1.52. The van der Waals surface area contributed by atoms with Crippen molar-refractivity contribution < 1.29 is 9.53 Å². The van der Waals surface area contributed by atoms with E-state index in [0.717, 1.165) is 43.4 Å². The van der Waals surface area contributed by atoms with E-state index in [1.54, 1.807) is 0 Å². The molecule has 0 N–H and O–H groups in total. The number of hydrogen-bond donors (Lipinski definition) is 0. The Kier molecular flexibility index (Phi) is 5.74. The normalized spacial score (nSPS) is 15.5. The summed E-state index contributed by atoms with van der Waals surface area (Å²) in [6, 6.07) is 10.7. The average Bonchev–Trinajstić information content (AvgIpc) is 3.02. The average molecular weight is 365 g/mol. The first-order chi connectivity index (χ1) is 11.7. The Labute approximate surface area is 151 Å². The van der Waals surface area contributed by atoms with Crippen LogP contribution < -0.4 is 4.90 Å². The van der Waals surface area contributed by atoms with Gasteiger partial charge in [-0.15, -0.1) is 0 Å². The van der Waals surface area contributed by atoms with Gasteiger partial charge in [-0.1, -0.05) is 53.3 Å². The van der Waals surface area contributed by atoms with Crippen LogP contribution in [0.25, 0.3) is 0 Å². The van der Waals surface area contributed by atoms with Gasteiger partial charge in [-0.05, 0) is 37.2 Å². The van der Waals surface area contributed by atoms with Crippen LogP contribution >= 0.6 is 22.9 Å². The second-order valence-corrected chi connectivity index (χ2v) is 7.40. The van der Waals surface area contributed by atoms with E-state index in [4.69, 9.17) is 16.3 Å². The molecule has 0 aliphatic carbocycles. The molecule has 0 radical (unpaired) electrons. The van der Waals surface area contributed by atoms with Crippen molar-refractivity contribution in [3.63, 3.8) is 0 Å². The Bertz CT molecular complexity index is 682. The summed E-state index contributed by atoms with van der Waals surface area (Å²) in [7, 11) is 1.36. The van der Waals surface area contributed by atoms with E-state index in [9.17, 15) is 4.79 Å². The lowest BCUT2D eigenvalue weighted by atomic mass is 9.91. The number of ether oxygens (including phenoxy) is 1. The number of aromatic nitrogens is 1. The minimum Gasteiger partial charge on any atom is -0.465 e. The van der Waals surface area contributed by atoms with Crippen LogP contribution in [0.5, 0.6) is 0 Å². The van der Waals surface area contributed by atoms with Crippen molar-refractivity contribution in [3.05, 3.63) is 45.9 Å². The number of benzene rings is 1. The number of rotatable bonds is 5. The molecule has 4 nitrogen and oxygen atoms in total. The molecule has 0 spiro atoms. The third-order valence-corrected chi connectivity index (χ3v) is 6.00. The van der Waals surface area contributed by atoms with Crippen molar-refractivity contribution in [3.8, 4) is 0 Å². The predicted molar refractivity (Wildman–Crippen MR) is 98.2 cm³/mol. The lowest BCUT2D eigenvalue weighted by Crippen LogP contribution is -2.33. The summed E-state index contributed by atoms with van der Waals surface area (Å²) >= 11 is 7.37. The number of carbonyl (C=O) groups excluding carboxylic acids is 1. The molecule has 6 heteroatoms. The number of hydrogen-bond acceptors (Lipinski definition) is 5. The molecule has 3 rings (SSSR count). The van der Waals surface area contributed by atoms with Crippen LogP contribution in [-0.4, -0.2) is 31.2 Å². The smallest absolute Gasteiger partial charge is 0.351 e. The lowest BCUT2D eigenvalue weighted by Gasteiger charge is -2.31. The van der Waals surface area contributed by atoms with Gasteiger partial charge in [0.1, 0.15) is 0 Å². The Hall–Kier alpha value is -1.59. The molecule has 2 heterocycles. The second-order valence-electron chi connectivity index (χ2n) is 6.06. The van der Waals surface area contributed by atoms with E-state index < -0.39 is 5.97 Å². The number of carbonyl (C=O) groups is 1. The molecule has 128 valence electrons. The number of halogens is 1. The molecular formula is C18H21ClN2O2S. The molecule has 1 fully saturated rings. The van der Waals surface area contributed by atoms with Gasteiger partial charge < -0.3 is 9.64 Å². The topological polar surface area (TPSA) is 42.4 Å². The molecule has 1 saturated heterocycles. The zero-order chi connectivity index (χ0) is 16.9. The molecule has 1 aromatic heterocycles. The Morgan fingerprint density at radius 3 is 2.71 bits per heavy atom. The van der Waals surface area contributed by atoms with Gasteiger partial charge in [0.05, 0.1) is 7.11 Å². The molecule has 0 unspecified atom stereocenters. The fourth-order valence-electron chi connectivity index (χ4n) is 3.07. The predicted octanol–water partition coefficient (Wildman–Crippen LogP) is 4.43. The van der Waals surface area contributed by atoms with Gasteiger partial charge in [0.25, 0.3) is 0 Å². The fourth-order valence-corrected chi connectivity index (χ4v) is 4.32. The van der Waals surface area contributed by atoms with E-state index in [2.05, 4.69) is 40.2 Å². The van der Waals surface area contributed by atoms with Crippen molar-refractivity contribution in [1.82, 2.24) is 4.98 Å². The maximum Gasteiger partial charge on any atom is 0.351 e. The zero-order valence-electron chi connectivity index (χ0n) is 13.7. The van der Waals surface area contributed by atoms with Crippen LogP contribution in [0.15, 0.2) is 30.3 Å². The number of esters is 1. The quantitative estimate of drug-likeness (QED) is 0.736. The highest BCUT2D eigenvalue weighted by molar-refractivity contribution is 7.18. The third-order valence-electron chi connectivity index (χ3n) is 4.51. The van der Waals surface area contributed by atoms with Crippen molar-refractivity contribution >= 4 is 34.0 Å². The molecule has 2 aromatic rings. The summed E-state index contributed by atoms with van der Waals surface area (Å²) in [4.78, 5) is 18.6. The molecule has 0 atom stereocenters. The molecular weight excluding hydrogens is 344 g/mol. The van der Waals surface area contributed by atoms with Gasteiger partial charge in [0.2, 0.25) is 0 Å². The number of aryl methyl sites for hydroxylation is 1. The summed E-state index contributed by atoms with van der Waals surface area (Å²) < 4.78 is 4.74. The maximum absolute atomic E-state index is 11.6. The molecule has 1 aromatic carbocycles. The van der Waals surface area contributed by atoms with Crippen LogP contribution in [0.4, 0.5) is 5.13 Å². The van der Waals surface area contributed by atoms with Crippen LogP contribution in [0.3, 0.4) is 0 Å². The maximum atomic E-state index is 11.6. The molecule has 0 saturated carbocycles. The van der Waals surface area contributed by atoms with Crippen LogP contribution in [0.2, 0.25) is 5.15 Å². The highest BCUT2D eigenvalue weighted by Gasteiger charge is 2.24. The lowest BCUT2D eigenvalue weighted by molar-refractivity contribution is 0.0606. The first-order valence-electron chi connectivity index (χ1n) is 8.21. The highest BCUT2D eigenvalue weighted by Crippen LogP contribution is 2.33. The Morgan fingerprint density at radius 1 is 1.33 bits per heavy atom. The summed E-state index contributed by atoms with van der Waals surface area (Å²) in [6.45, 7) is 1.92. The second kappa shape index (κ2) is 7.99. The number of thiazole rings is 1. The van der Waals surface area contributed by atoms with Crippen molar-refractivity contribution in [2.45, 2.75) is 25.7 Å². The van der Waals surface area contributed by atoms with Gasteiger partial charge in [0.15, 0.2) is 15.2 Å². The van der Waals surface area contributed by atoms with Crippen LogP contribution in [0.1, 0.15) is 34.5 Å². The highest BCUT2D eigenvalue weighted by atomic mass is 35.5. The van der Waals surface area contributed by atoms with Gasteiger partial charge in [-0.25, -0.2) is 9.78 Å². The van der Waals surface area contributed by atoms with Gasteiger partial charge in [-0.2, -0.15) is 0 Å². The molecule has 24 heavy (non-hydrogen) atoms. The van der Waals surface area contributed by atoms with Crippen molar-refractivity contribution in [1.29, 1.82) is 0 Å². The van der Waals surface area contributed by atoms with E-state index in [-0.39, 0.29) is 5.15 Å². The third kappa shape index (κ3) is 4.08.